The predicted octanol–water partition coefficient (Wildman–Crippen LogP) is 1.16. The maximum atomic E-state index is 11.1. The molecule has 0 aliphatic carbocycles. The summed E-state index contributed by atoms with van der Waals surface area (Å²) >= 11 is 1.26. The van der Waals surface area contributed by atoms with Crippen LogP contribution in [0.5, 0.6) is 0 Å². The minimum absolute atomic E-state index is 0.169. The summed E-state index contributed by atoms with van der Waals surface area (Å²) in [7, 11) is 0. The highest BCUT2D eigenvalue weighted by Gasteiger charge is 2.10. The van der Waals surface area contributed by atoms with Crippen LogP contribution in [-0.4, -0.2) is 5.91 Å². The largest absolute Gasteiger partial charge is 0.289 e. The van der Waals surface area contributed by atoms with Crippen LogP contribution in [0, 0.1) is 0 Å². The normalized spacial score (nSPS) is 9.00. The van der Waals surface area contributed by atoms with E-state index in [1.807, 2.05) is 5.43 Å². The lowest BCUT2D eigenvalue weighted by molar-refractivity contribution is 0.0957. The molecule has 1 aromatic rings. The van der Waals surface area contributed by atoms with E-state index in [0.29, 0.717) is 10.4 Å². The van der Waals surface area contributed by atoms with Gasteiger partial charge in [0.2, 0.25) is 0 Å². The fraction of sp³-hybridized carbons (Fsp3) is 0.167. The van der Waals surface area contributed by atoms with Gasteiger partial charge in [0.15, 0.2) is 0 Å². The molecule has 6 nitrogen and oxygen atoms in total. The molecule has 3 N–H and O–H groups in total. The summed E-state index contributed by atoms with van der Waals surface area (Å²) in [6, 6.07) is 1.73. The topological polar surface area (TPSA) is 104 Å². The zero-order chi connectivity index (χ0) is 9.68. The molecule has 0 saturated heterocycles. The van der Waals surface area contributed by atoms with Crippen LogP contribution in [0.1, 0.15) is 15.2 Å². The zero-order valence-electron chi connectivity index (χ0n) is 6.60. The van der Waals surface area contributed by atoms with Gasteiger partial charge in [0.25, 0.3) is 5.91 Å². The molecule has 0 aliphatic heterocycles. The van der Waals surface area contributed by atoms with E-state index >= 15 is 0 Å². The van der Waals surface area contributed by atoms with Gasteiger partial charge < -0.3 is 0 Å². The Kier molecular flexibility index (Phi) is 3.27. The average Bonchev–Trinajstić information content (AvgIpc) is 2.61. The van der Waals surface area contributed by atoms with E-state index in [1.54, 1.807) is 11.4 Å². The Hall–Kier alpha value is -1.56. The molecule has 0 radical (unpaired) electrons. The van der Waals surface area contributed by atoms with E-state index in [0.717, 1.165) is 0 Å². The van der Waals surface area contributed by atoms with E-state index in [1.165, 1.54) is 11.3 Å². The molecular formula is C6H7N5OS. The van der Waals surface area contributed by atoms with Crippen LogP contribution in [0.15, 0.2) is 16.6 Å². The number of amides is 1. The maximum absolute atomic E-state index is 11.1. The Morgan fingerprint density at radius 1 is 1.85 bits per heavy atom. The number of hydrazine groups is 1. The number of azide groups is 1. The van der Waals surface area contributed by atoms with Crippen molar-refractivity contribution in [1.82, 2.24) is 5.43 Å². The smallest absolute Gasteiger partial charge is 0.275 e. The first-order valence-electron chi connectivity index (χ1n) is 3.37. The SMILES string of the molecule is [N-]=[N+]=NCc1ccsc1C(=O)NN. The van der Waals surface area contributed by atoms with Crippen molar-refractivity contribution in [2.45, 2.75) is 6.54 Å². The van der Waals surface area contributed by atoms with Crippen LogP contribution < -0.4 is 11.3 Å². The second-order valence-electron chi connectivity index (χ2n) is 2.14. The first-order valence-corrected chi connectivity index (χ1v) is 4.25. The third kappa shape index (κ3) is 2.19. The predicted molar refractivity (Wildman–Crippen MR) is 48.8 cm³/mol. The van der Waals surface area contributed by atoms with Gasteiger partial charge in [0.1, 0.15) is 0 Å². The Labute approximate surface area is 78.0 Å². The minimum atomic E-state index is -0.363. The van der Waals surface area contributed by atoms with Crippen LogP contribution in [0.3, 0.4) is 0 Å². The molecule has 13 heavy (non-hydrogen) atoms. The van der Waals surface area contributed by atoms with Crippen LogP contribution in [0.25, 0.3) is 10.4 Å². The molecule has 0 aromatic carbocycles. The van der Waals surface area contributed by atoms with Gasteiger partial charge in [-0.25, -0.2) is 5.84 Å². The van der Waals surface area contributed by atoms with Crippen molar-refractivity contribution < 1.29 is 4.79 Å². The average molecular weight is 197 g/mol. The van der Waals surface area contributed by atoms with Crippen LogP contribution in [-0.2, 0) is 6.54 Å². The minimum Gasteiger partial charge on any atom is -0.289 e. The van der Waals surface area contributed by atoms with Crippen molar-refractivity contribution in [2.24, 2.45) is 11.0 Å². The number of nitrogens with two attached hydrogens (primary N) is 1. The number of thiophene rings is 1. The summed E-state index contributed by atoms with van der Waals surface area (Å²) in [4.78, 5) is 14.2. The molecule has 68 valence electrons. The van der Waals surface area contributed by atoms with E-state index in [4.69, 9.17) is 11.4 Å². The first kappa shape index (κ1) is 9.53. The second-order valence-corrected chi connectivity index (χ2v) is 3.05. The summed E-state index contributed by atoms with van der Waals surface area (Å²) in [6.45, 7) is 0.169. The fourth-order valence-corrected chi connectivity index (χ4v) is 1.65. The number of carbonyl (C=O) groups excluding carboxylic acids is 1. The fourth-order valence-electron chi connectivity index (χ4n) is 0.833. The van der Waals surface area contributed by atoms with Gasteiger partial charge in [0.05, 0.1) is 11.4 Å². The standard InChI is InChI=1S/C6H7N5OS/c7-10-6(12)5-4(1-2-13-5)3-9-11-8/h1-2H,3,7H2,(H,10,12). The lowest BCUT2D eigenvalue weighted by Gasteiger charge is -1.97. The number of hydrogen-bond acceptors (Lipinski definition) is 4. The van der Waals surface area contributed by atoms with Gasteiger partial charge in [-0.05, 0) is 22.5 Å². The zero-order valence-corrected chi connectivity index (χ0v) is 7.41. The molecule has 1 amide bonds. The number of rotatable bonds is 3. The van der Waals surface area contributed by atoms with Crippen LogP contribution >= 0.6 is 11.3 Å². The Morgan fingerprint density at radius 3 is 3.23 bits per heavy atom. The summed E-state index contributed by atoms with van der Waals surface area (Å²) in [6.07, 6.45) is 0. The monoisotopic (exact) mass is 197 g/mol. The molecule has 1 rings (SSSR count). The number of carbonyl (C=O) groups is 1. The van der Waals surface area contributed by atoms with Gasteiger partial charge in [0, 0.05) is 4.91 Å². The summed E-state index contributed by atoms with van der Waals surface area (Å²) in [5.74, 6) is 4.60. The van der Waals surface area contributed by atoms with Crippen LogP contribution in [0.4, 0.5) is 0 Å². The van der Waals surface area contributed by atoms with Crippen molar-refractivity contribution in [3.8, 4) is 0 Å². The highest BCUT2D eigenvalue weighted by atomic mass is 32.1. The molecule has 0 aliphatic rings. The molecule has 0 saturated carbocycles. The van der Waals surface area contributed by atoms with Gasteiger partial charge in [-0.1, -0.05) is 5.11 Å². The summed E-state index contributed by atoms with van der Waals surface area (Å²) in [5.41, 5.74) is 10.8. The van der Waals surface area contributed by atoms with Crippen molar-refractivity contribution >= 4 is 17.2 Å². The van der Waals surface area contributed by atoms with E-state index < -0.39 is 0 Å². The molecule has 0 fully saturated rings. The van der Waals surface area contributed by atoms with Crippen molar-refractivity contribution in [3.63, 3.8) is 0 Å². The second kappa shape index (κ2) is 4.46. The lowest BCUT2D eigenvalue weighted by Crippen LogP contribution is -2.29. The Bertz CT molecular complexity index is 354. The number of nitrogens with one attached hydrogen (secondary N) is 1. The third-order valence-corrected chi connectivity index (χ3v) is 2.34. The first-order chi connectivity index (χ1) is 6.29. The molecule has 0 spiro atoms. The maximum Gasteiger partial charge on any atom is 0.275 e. The molecule has 7 heteroatoms. The highest BCUT2D eigenvalue weighted by molar-refractivity contribution is 7.12. The summed E-state index contributed by atoms with van der Waals surface area (Å²) in [5, 5.41) is 5.10. The highest BCUT2D eigenvalue weighted by Crippen LogP contribution is 2.17. The molecule has 0 atom stereocenters. The Balaban J connectivity index is 2.88. The lowest BCUT2D eigenvalue weighted by atomic mass is 10.2. The van der Waals surface area contributed by atoms with Gasteiger partial charge in [-0.15, -0.1) is 11.3 Å². The number of nitrogens with zero attached hydrogens (tertiary/aromatic N) is 3. The number of nitrogen functional groups attached to an aromatic ring is 1. The Morgan fingerprint density at radius 2 is 2.62 bits per heavy atom. The quantitative estimate of drug-likeness (QED) is 0.189. The van der Waals surface area contributed by atoms with Crippen LogP contribution in [0.2, 0.25) is 0 Å². The molecule has 1 aromatic heterocycles. The van der Waals surface area contributed by atoms with E-state index in [2.05, 4.69) is 10.0 Å². The van der Waals surface area contributed by atoms with Crippen molar-refractivity contribution in [2.75, 3.05) is 0 Å². The van der Waals surface area contributed by atoms with Crippen molar-refractivity contribution in [1.29, 1.82) is 0 Å². The number of hydrogen-bond donors (Lipinski definition) is 2. The van der Waals surface area contributed by atoms with E-state index in [9.17, 15) is 4.79 Å². The van der Waals surface area contributed by atoms with Gasteiger partial charge in [-0.2, -0.15) is 0 Å². The van der Waals surface area contributed by atoms with Crippen molar-refractivity contribution in [3.05, 3.63) is 32.3 Å². The van der Waals surface area contributed by atoms with Gasteiger partial charge in [-0.3, -0.25) is 10.2 Å². The molecule has 0 bridgehead atoms. The molecule has 0 unspecified atom stereocenters. The van der Waals surface area contributed by atoms with E-state index in [-0.39, 0.29) is 12.5 Å². The molecular weight excluding hydrogens is 190 g/mol. The summed E-state index contributed by atoms with van der Waals surface area (Å²) < 4.78 is 0. The van der Waals surface area contributed by atoms with Gasteiger partial charge >= 0.3 is 0 Å². The third-order valence-electron chi connectivity index (χ3n) is 1.39. The molecule has 1 heterocycles.